The smallest absolute Gasteiger partial charge is 0.242 e. The third kappa shape index (κ3) is 4.46. The fraction of sp³-hybridized carbons (Fsp3) is 0.500. The molecule has 5 nitrogen and oxygen atoms in total. The van der Waals surface area contributed by atoms with Crippen LogP contribution in [0.2, 0.25) is 0 Å². The lowest BCUT2D eigenvalue weighted by Crippen LogP contribution is -2.37. The van der Waals surface area contributed by atoms with Gasteiger partial charge in [0.15, 0.2) is 9.84 Å². The van der Waals surface area contributed by atoms with Crippen LogP contribution in [0.15, 0.2) is 24.3 Å². The number of carbonyl (C=O) groups excluding carboxylic acids is 1. The number of anilines is 1. The van der Waals surface area contributed by atoms with Crippen LogP contribution in [0.4, 0.5) is 5.69 Å². The summed E-state index contributed by atoms with van der Waals surface area (Å²) < 4.78 is 23.9. The highest BCUT2D eigenvalue weighted by Crippen LogP contribution is 2.17. The molecule has 1 heterocycles. The summed E-state index contributed by atoms with van der Waals surface area (Å²) in [5.41, 5.74) is 1.32. The van der Waals surface area contributed by atoms with Gasteiger partial charge in [0.2, 0.25) is 5.91 Å². The first kappa shape index (κ1) is 16.3. The first-order valence-corrected chi connectivity index (χ1v) is 9.68. The van der Waals surface area contributed by atoms with Crippen molar-refractivity contribution in [1.82, 2.24) is 5.32 Å². The van der Waals surface area contributed by atoms with Gasteiger partial charge in [-0.2, -0.15) is 0 Å². The molecule has 1 unspecified atom stereocenters. The average Bonchev–Trinajstić information content (AvgIpc) is 2.92. The van der Waals surface area contributed by atoms with Crippen molar-refractivity contribution in [3.05, 3.63) is 29.8 Å². The van der Waals surface area contributed by atoms with E-state index in [2.05, 4.69) is 10.6 Å². The Morgan fingerprint density at radius 2 is 2.24 bits per heavy atom. The highest BCUT2D eigenvalue weighted by Gasteiger charge is 2.22. The molecule has 0 saturated carbocycles. The molecular formula is C14H20N2O3S2. The Morgan fingerprint density at radius 3 is 2.86 bits per heavy atom. The van der Waals surface area contributed by atoms with Crippen LogP contribution in [-0.2, 0) is 20.4 Å². The highest BCUT2D eigenvalue weighted by atomic mass is 32.2. The van der Waals surface area contributed by atoms with Gasteiger partial charge in [0.1, 0.15) is 0 Å². The van der Waals surface area contributed by atoms with E-state index in [4.69, 9.17) is 0 Å². The molecule has 7 heteroatoms. The molecule has 2 rings (SSSR count). The molecule has 1 saturated heterocycles. The zero-order valence-electron chi connectivity index (χ0n) is 12.1. The summed E-state index contributed by atoms with van der Waals surface area (Å²) in [7, 11) is -3.14. The van der Waals surface area contributed by atoms with Gasteiger partial charge in [-0.3, -0.25) is 10.1 Å². The van der Waals surface area contributed by atoms with E-state index in [0.717, 1.165) is 11.6 Å². The fourth-order valence-electron chi connectivity index (χ4n) is 1.93. The van der Waals surface area contributed by atoms with Crippen molar-refractivity contribution in [3.63, 3.8) is 0 Å². The van der Waals surface area contributed by atoms with E-state index in [-0.39, 0.29) is 17.7 Å². The van der Waals surface area contributed by atoms with Gasteiger partial charge in [0.25, 0.3) is 0 Å². The first-order valence-electron chi connectivity index (χ1n) is 6.81. The Labute approximate surface area is 129 Å². The molecule has 1 amide bonds. The molecule has 2 N–H and O–H groups in total. The van der Waals surface area contributed by atoms with Crippen LogP contribution in [0, 0.1) is 0 Å². The van der Waals surface area contributed by atoms with E-state index in [0.29, 0.717) is 11.3 Å². The standard InChI is InChI=1S/C14H20N2O3S2/c1-10(2)21(18,19)8-11-4-3-5-12(6-11)16-14(17)13-7-20-9-15-13/h3-6,10,13,15H,7-9H2,1-2H3,(H,16,17). The summed E-state index contributed by atoms with van der Waals surface area (Å²) in [5, 5.41) is 5.52. The topological polar surface area (TPSA) is 75.3 Å². The van der Waals surface area contributed by atoms with E-state index < -0.39 is 15.1 Å². The summed E-state index contributed by atoms with van der Waals surface area (Å²) in [4.78, 5) is 12.0. The third-order valence-corrected chi connectivity index (χ3v) is 6.43. The Bertz CT molecular complexity index is 608. The largest absolute Gasteiger partial charge is 0.325 e. The fourth-order valence-corrected chi connectivity index (χ4v) is 3.85. The van der Waals surface area contributed by atoms with Crippen molar-refractivity contribution in [2.24, 2.45) is 0 Å². The molecule has 0 bridgehead atoms. The number of thioether (sulfide) groups is 1. The van der Waals surface area contributed by atoms with E-state index >= 15 is 0 Å². The molecule has 1 aromatic rings. The molecule has 0 aliphatic carbocycles. The van der Waals surface area contributed by atoms with Crippen molar-refractivity contribution in [2.45, 2.75) is 30.9 Å². The van der Waals surface area contributed by atoms with Gasteiger partial charge in [0, 0.05) is 17.3 Å². The van der Waals surface area contributed by atoms with Gasteiger partial charge in [-0.1, -0.05) is 12.1 Å². The van der Waals surface area contributed by atoms with E-state index in [1.807, 2.05) is 0 Å². The Balaban J connectivity index is 2.05. The van der Waals surface area contributed by atoms with Gasteiger partial charge in [-0.25, -0.2) is 8.42 Å². The van der Waals surface area contributed by atoms with Gasteiger partial charge in [0.05, 0.1) is 17.0 Å². The maximum Gasteiger partial charge on any atom is 0.242 e. The molecule has 1 aliphatic heterocycles. The van der Waals surface area contributed by atoms with E-state index in [1.54, 1.807) is 49.9 Å². The Morgan fingerprint density at radius 1 is 1.48 bits per heavy atom. The molecule has 1 fully saturated rings. The molecule has 116 valence electrons. The zero-order chi connectivity index (χ0) is 15.5. The van der Waals surface area contributed by atoms with Gasteiger partial charge in [-0.15, -0.1) is 11.8 Å². The number of hydrogen-bond donors (Lipinski definition) is 2. The van der Waals surface area contributed by atoms with Crippen molar-refractivity contribution in [3.8, 4) is 0 Å². The Hall–Kier alpha value is -1.05. The second-order valence-corrected chi connectivity index (χ2v) is 8.90. The van der Waals surface area contributed by atoms with Crippen LogP contribution in [0.1, 0.15) is 19.4 Å². The second kappa shape index (κ2) is 6.81. The van der Waals surface area contributed by atoms with Crippen molar-refractivity contribution in [2.75, 3.05) is 16.9 Å². The number of rotatable bonds is 5. The maximum absolute atomic E-state index is 12.0. The quantitative estimate of drug-likeness (QED) is 0.859. The van der Waals surface area contributed by atoms with Crippen molar-refractivity contribution < 1.29 is 13.2 Å². The minimum Gasteiger partial charge on any atom is -0.325 e. The molecule has 1 aromatic carbocycles. The lowest BCUT2D eigenvalue weighted by molar-refractivity contribution is -0.117. The minimum atomic E-state index is -3.14. The summed E-state index contributed by atoms with van der Waals surface area (Å²) in [6.07, 6.45) is 0. The predicted octanol–water partition coefficient (Wildman–Crippen LogP) is 1.61. The number of carbonyl (C=O) groups is 1. The number of nitrogens with one attached hydrogen (secondary N) is 2. The molecule has 0 radical (unpaired) electrons. The van der Waals surface area contributed by atoms with Crippen LogP contribution >= 0.6 is 11.8 Å². The summed E-state index contributed by atoms with van der Waals surface area (Å²) in [6, 6.07) is 6.83. The van der Waals surface area contributed by atoms with E-state index in [9.17, 15) is 13.2 Å². The first-order chi connectivity index (χ1) is 9.88. The van der Waals surface area contributed by atoms with Crippen molar-refractivity contribution in [1.29, 1.82) is 0 Å². The summed E-state index contributed by atoms with van der Waals surface area (Å²) in [5.74, 6) is 1.45. The number of benzene rings is 1. The van der Waals surface area contributed by atoms with Gasteiger partial charge < -0.3 is 5.32 Å². The molecule has 21 heavy (non-hydrogen) atoms. The highest BCUT2D eigenvalue weighted by molar-refractivity contribution is 7.99. The molecule has 0 spiro atoms. The normalized spacial score (nSPS) is 18.9. The number of sulfone groups is 1. The lowest BCUT2D eigenvalue weighted by atomic mass is 10.2. The van der Waals surface area contributed by atoms with E-state index in [1.165, 1.54) is 0 Å². The van der Waals surface area contributed by atoms with Gasteiger partial charge >= 0.3 is 0 Å². The molecular weight excluding hydrogens is 308 g/mol. The van der Waals surface area contributed by atoms with Crippen LogP contribution in [0.3, 0.4) is 0 Å². The Kier molecular flexibility index (Phi) is 5.29. The SMILES string of the molecule is CC(C)S(=O)(=O)Cc1cccc(NC(=O)C2CSCN2)c1. The predicted molar refractivity (Wildman–Crippen MR) is 87.1 cm³/mol. The number of hydrogen-bond acceptors (Lipinski definition) is 5. The van der Waals surface area contributed by atoms with Crippen molar-refractivity contribution >= 4 is 33.2 Å². The van der Waals surface area contributed by atoms with Crippen LogP contribution in [0.5, 0.6) is 0 Å². The van der Waals surface area contributed by atoms with Crippen LogP contribution < -0.4 is 10.6 Å². The van der Waals surface area contributed by atoms with Crippen LogP contribution in [-0.4, -0.2) is 37.2 Å². The summed E-state index contributed by atoms with van der Waals surface area (Å²) in [6.45, 7) is 3.34. The maximum atomic E-state index is 12.0. The second-order valence-electron chi connectivity index (χ2n) is 5.32. The lowest BCUT2D eigenvalue weighted by Gasteiger charge is -2.12. The molecule has 1 atom stereocenters. The zero-order valence-corrected chi connectivity index (χ0v) is 13.8. The number of amides is 1. The monoisotopic (exact) mass is 328 g/mol. The third-order valence-electron chi connectivity index (χ3n) is 3.31. The van der Waals surface area contributed by atoms with Gasteiger partial charge in [-0.05, 0) is 31.5 Å². The minimum absolute atomic E-state index is 0.00803. The van der Waals surface area contributed by atoms with Crippen LogP contribution in [0.25, 0.3) is 0 Å². The average molecular weight is 328 g/mol. The molecule has 0 aromatic heterocycles. The molecule has 1 aliphatic rings. The summed E-state index contributed by atoms with van der Waals surface area (Å²) >= 11 is 1.68.